The summed E-state index contributed by atoms with van der Waals surface area (Å²) < 4.78 is 57.0. The molecule has 0 saturated carbocycles. The molecule has 0 aliphatic heterocycles. The van der Waals surface area contributed by atoms with Gasteiger partial charge in [-0.3, -0.25) is 9.13 Å². The minimum atomic E-state index is -3.18. The van der Waals surface area contributed by atoms with Crippen molar-refractivity contribution in [2.75, 3.05) is 26.4 Å². The van der Waals surface area contributed by atoms with Gasteiger partial charge in [-0.25, -0.2) is 0 Å². The fourth-order valence-corrected chi connectivity index (χ4v) is 10.7. The summed E-state index contributed by atoms with van der Waals surface area (Å²) in [5.41, 5.74) is 3.58. The number of aromatic nitrogens is 2. The van der Waals surface area contributed by atoms with E-state index >= 15 is 0 Å². The van der Waals surface area contributed by atoms with Gasteiger partial charge in [-0.2, -0.15) is 8.75 Å². The van der Waals surface area contributed by atoms with Crippen molar-refractivity contribution in [3.8, 4) is 20.9 Å². The van der Waals surface area contributed by atoms with Crippen LogP contribution in [0.3, 0.4) is 0 Å². The zero-order valence-corrected chi connectivity index (χ0v) is 25.4. The Morgan fingerprint density at radius 3 is 1.35 bits per heavy atom. The summed E-state index contributed by atoms with van der Waals surface area (Å²) >= 11 is 4.28. The van der Waals surface area contributed by atoms with Gasteiger partial charge in [0, 0.05) is 30.6 Å². The molecule has 0 atom stereocenters. The molecule has 200 valence electrons. The molecule has 13 heteroatoms. The molecule has 0 aliphatic rings. The molecule has 4 aromatic rings. The summed E-state index contributed by atoms with van der Waals surface area (Å²) in [4.78, 5) is 3.88. The Hall–Kier alpha value is -1.26. The highest BCUT2D eigenvalue weighted by molar-refractivity contribution is 7.53. The Labute approximate surface area is 229 Å². The lowest BCUT2D eigenvalue weighted by molar-refractivity contribution is 0.218. The summed E-state index contributed by atoms with van der Waals surface area (Å²) in [6.07, 6.45) is 0.475. The molecule has 8 nitrogen and oxygen atoms in total. The molecule has 0 amide bonds. The summed E-state index contributed by atoms with van der Waals surface area (Å²) in [5, 5.41) is 0. The van der Waals surface area contributed by atoms with E-state index in [9.17, 15) is 9.13 Å². The molecular weight excluding hydrogens is 570 g/mol. The molecule has 0 spiro atoms. The first kappa shape index (κ1) is 28.7. The normalized spacial score (nSPS) is 12.5. The van der Waals surface area contributed by atoms with Crippen LogP contribution in [0, 0.1) is 0 Å². The van der Waals surface area contributed by atoms with Crippen molar-refractivity contribution in [2.45, 2.75) is 40.0 Å². The molecule has 3 heterocycles. The fourth-order valence-electron chi connectivity index (χ4n) is 3.91. The molecule has 0 saturated heterocycles. The van der Waals surface area contributed by atoms with E-state index < -0.39 is 15.2 Å². The fraction of sp³-hybridized carbons (Fsp3) is 0.417. The molecule has 4 rings (SSSR count). The summed E-state index contributed by atoms with van der Waals surface area (Å²) in [6, 6.07) is 12.0. The Morgan fingerprint density at radius 1 is 0.622 bits per heavy atom. The van der Waals surface area contributed by atoms with E-state index in [1.54, 1.807) is 22.7 Å². The Balaban J connectivity index is 1.61. The van der Waals surface area contributed by atoms with Crippen LogP contribution >= 0.6 is 49.6 Å². The molecule has 0 N–H and O–H groups in total. The van der Waals surface area contributed by atoms with Gasteiger partial charge < -0.3 is 18.1 Å². The maximum absolute atomic E-state index is 13.0. The van der Waals surface area contributed by atoms with E-state index in [1.807, 2.05) is 64.1 Å². The smallest absolute Gasteiger partial charge is 0.309 e. The first-order chi connectivity index (χ1) is 17.8. The van der Waals surface area contributed by atoms with Crippen LogP contribution in [-0.2, 0) is 39.5 Å². The van der Waals surface area contributed by atoms with E-state index in [2.05, 4.69) is 8.75 Å². The van der Waals surface area contributed by atoms with Gasteiger partial charge in [0.25, 0.3) is 0 Å². The zero-order valence-electron chi connectivity index (χ0n) is 21.2. The van der Waals surface area contributed by atoms with E-state index in [0.29, 0.717) is 26.4 Å². The number of hydrogen-bond acceptors (Lipinski definition) is 11. The van der Waals surface area contributed by atoms with E-state index in [1.165, 1.54) is 11.7 Å². The van der Waals surface area contributed by atoms with Crippen LogP contribution in [0.1, 0.15) is 37.4 Å². The van der Waals surface area contributed by atoms with Crippen molar-refractivity contribution in [1.29, 1.82) is 0 Å². The summed E-state index contributed by atoms with van der Waals surface area (Å²) in [7, 11) is -6.36. The molecule has 0 radical (unpaired) electrons. The number of thiophene rings is 2. The second-order valence-corrected chi connectivity index (χ2v) is 14.8. The minimum absolute atomic E-state index is 0.237. The standard InChI is InChI=1S/C24H30N2O6P2S3/c1-5-29-33(27,30-6-2)15-17-9-13-21(35-17)19-11-12-20(24-23(19)25-37-26-24)22-14-10-18(36-22)16-34(28,31-7-3)32-8-4/h9-14H,5-8,15-16H2,1-4H3. The third kappa shape index (κ3) is 6.85. The lowest BCUT2D eigenvalue weighted by Gasteiger charge is -2.15. The summed E-state index contributed by atoms with van der Waals surface area (Å²) in [5.74, 6) is 0. The minimum Gasteiger partial charge on any atom is -0.309 e. The first-order valence-electron chi connectivity index (χ1n) is 12.0. The molecule has 1 aromatic carbocycles. The Kier molecular flexibility index (Phi) is 9.89. The van der Waals surface area contributed by atoms with Crippen LogP contribution in [0.4, 0.5) is 0 Å². The number of fused-ring (bicyclic) bond motifs is 1. The average Bonchev–Trinajstić information content (AvgIpc) is 3.60. The maximum atomic E-state index is 13.0. The SMILES string of the molecule is CCOP(=O)(Cc1ccc(-c2ccc(-c3ccc(CP(=O)(OCC)OCC)s3)c3nsnc23)s1)OCC. The second kappa shape index (κ2) is 12.7. The highest BCUT2D eigenvalue weighted by atomic mass is 32.1. The van der Waals surface area contributed by atoms with Crippen LogP contribution in [0.15, 0.2) is 36.4 Å². The van der Waals surface area contributed by atoms with Gasteiger partial charge in [-0.05, 0) is 52.0 Å². The topological polar surface area (TPSA) is 96.8 Å². The highest BCUT2D eigenvalue weighted by Crippen LogP contribution is 2.54. The van der Waals surface area contributed by atoms with Crippen LogP contribution < -0.4 is 0 Å². The molecule has 3 aromatic heterocycles. The lowest BCUT2D eigenvalue weighted by Crippen LogP contribution is -1.97. The third-order valence-electron chi connectivity index (χ3n) is 5.27. The molecular formula is C24H30N2O6P2S3. The monoisotopic (exact) mass is 600 g/mol. The predicted molar refractivity (Wildman–Crippen MR) is 153 cm³/mol. The van der Waals surface area contributed by atoms with Gasteiger partial charge >= 0.3 is 15.2 Å². The Bertz CT molecular complexity index is 1310. The predicted octanol–water partition coefficient (Wildman–Crippen LogP) is 8.68. The van der Waals surface area contributed by atoms with Gasteiger partial charge in [0.15, 0.2) is 0 Å². The van der Waals surface area contributed by atoms with Crippen LogP contribution in [0.25, 0.3) is 31.9 Å². The van der Waals surface area contributed by atoms with E-state index in [4.69, 9.17) is 18.1 Å². The zero-order chi connectivity index (χ0) is 26.5. The lowest BCUT2D eigenvalue weighted by atomic mass is 10.1. The quantitative estimate of drug-likeness (QED) is 0.133. The van der Waals surface area contributed by atoms with Crippen molar-refractivity contribution >= 4 is 60.6 Å². The van der Waals surface area contributed by atoms with Gasteiger partial charge in [-0.15, -0.1) is 22.7 Å². The maximum Gasteiger partial charge on any atom is 0.335 e. The van der Waals surface area contributed by atoms with Crippen LogP contribution in [0.5, 0.6) is 0 Å². The second-order valence-electron chi connectivity index (χ2n) is 7.86. The van der Waals surface area contributed by atoms with E-state index in [-0.39, 0.29) is 12.3 Å². The Morgan fingerprint density at radius 2 is 1.00 bits per heavy atom. The van der Waals surface area contributed by atoms with Crippen molar-refractivity contribution < 1.29 is 27.2 Å². The molecule has 0 unspecified atom stereocenters. The van der Waals surface area contributed by atoms with Gasteiger partial charge in [0.05, 0.1) is 50.5 Å². The average molecular weight is 601 g/mol. The van der Waals surface area contributed by atoms with Crippen LogP contribution in [-0.4, -0.2) is 35.2 Å². The van der Waals surface area contributed by atoms with Gasteiger partial charge in [-0.1, -0.05) is 12.1 Å². The molecule has 0 aliphatic carbocycles. The molecule has 0 fully saturated rings. The van der Waals surface area contributed by atoms with Gasteiger partial charge in [0.1, 0.15) is 11.0 Å². The number of hydrogen-bond donors (Lipinski definition) is 0. The highest BCUT2D eigenvalue weighted by Gasteiger charge is 2.27. The number of nitrogens with zero attached hydrogens (tertiary/aromatic N) is 2. The number of benzene rings is 1. The first-order valence-corrected chi connectivity index (χ1v) is 17.8. The van der Waals surface area contributed by atoms with Crippen molar-refractivity contribution in [1.82, 2.24) is 8.75 Å². The summed E-state index contributed by atoms with van der Waals surface area (Å²) in [6.45, 7) is 8.59. The van der Waals surface area contributed by atoms with Crippen molar-refractivity contribution in [3.05, 3.63) is 46.2 Å². The molecule has 0 bridgehead atoms. The molecule has 37 heavy (non-hydrogen) atoms. The van der Waals surface area contributed by atoms with Gasteiger partial charge in [0.2, 0.25) is 0 Å². The van der Waals surface area contributed by atoms with Crippen molar-refractivity contribution in [3.63, 3.8) is 0 Å². The third-order valence-corrected chi connectivity index (χ3v) is 12.5. The van der Waals surface area contributed by atoms with Crippen molar-refractivity contribution in [2.24, 2.45) is 0 Å². The largest absolute Gasteiger partial charge is 0.335 e. The van der Waals surface area contributed by atoms with Crippen LogP contribution in [0.2, 0.25) is 0 Å². The number of rotatable bonds is 14. The van der Waals surface area contributed by atoms with E-state index in [0.717, 1.165) is 41.7 Å².